The molecule has 1 heterocycles. The third-order valence-corrected chi connectivity index (χ3v) is 3.20. The van der Waals surface area contributed by atoms with E-state index in [0.717, 1.165) is 38.6 Å². The van der Waals surface area contributed by atoms with E-state index in [2.05, 4.69) is 70.6 Å². The van der Waals surface area contributed by atoms with Crippen molar-refractivity contribution in [1.82, 2.24) is 15.2 Å². The van der Waals surface area contributed by atoms with Crippen molar-refractivity contribution >= 4 is 16.9 Å². The van der Waals surface area contributed by atoms with Gasteiger partial charge in [-0.05, 0) is 37.8 Å². The zero-order valence-electron chi connectivity index (χ0n) is 12.4. The molecule has 0 aliphatic heterocycles. The van der Waals surface area contributed by atoms with Crippen LogP contribution in [0.3, 0.4) is 0 Å². The summed E-state index contributed by atoms with van der Waals surface area (Å²) in [5, 5.41) is 7.78. The minimum atomic E-state index is 0.835. The van der Waals surface area contributed by atoms with Crippen molar-refractivity contribution in [2.75, 3.05) is 19.6 Å². The number of fused-ring (bicyclic) bond motifs is 1. The molecule has 2 N–H and O–H groups in total. The first-order valence-corrected chi connectivity index (χ1v) is 7.41. The highest BCUT2D eigenvalue weighted by Crippen LogP contribution is 2.15. The first-order chi connectivity index (χ1) is 9.85. The molecule has 0 aliphatic rings. The summed E-state index contributed by atoms with van der Waals surface area (Å²) in [6, 6.07) is 10.7. The molecule has 4 heteroatoms. The van der Waals surface area contributed by atoms with E-state index in [9.17, 15) is 0 Å². The Morgan fingerprint density at radius 2 is 1.85 bits per heavy atom. The Kier molecular flexibility index (Phi) is 5.47. The molecule has 1 aromatic carbocycles. The van der Waals surface area contributed by atoms with Gasteiger partial charge in [0, 0.05) is 37.9 Å². The summed E-state index contributed by atoms with van der Waals surface area (Å²) < 4.78 is 2.30. The van der Waals surface area contributed by atoms with Gasteiger partial charge >= 0.3 is 0 Å². The van der Waals surface area contributed by atoms with Crippen LogP contribution in [0.25, 0.3) is 10.9 Å². The zero-order valence-corrected chi connectivity index (χ0v) is 12.4. The molecule has 0 spiro atoms. The lowest BCUT2D eigenvalue weighted by molar-refractivity contribution is 0.667. The fraction of sp³-hybridized carbons (Fsp3) is 0.438. The number of aromatic nitrogens is 1. The number of para-hydroxylation sites is 1. The highest BCUT2D eigenvalue weighted by Gasteiger charge is 1.99. The van der Waals surface area contributed by atoms with E-state index >= 15 is 0 Å². The quantitative estimate of drug-likeness (QED) is 0.482. The predicted molar refractivity (Wildman–Crippen MR) is 86.2 cm³/mol. The minimum Gasteiger partial charge on any atom is -0.357 e. The van der Waals surface area contributed by atoms with Gasteiger partial charge in [0.2, 0.25) is 0 Å². The summed E-state index contributed by atoms with van der Waals surface area (Å²) in [7, 11) is 0. The minimum absolute atomic E-state index is 0.835. The molecule has 0 fully saturated rings. The summed E-state index contributed by atoms with van der Waals surface area (Å²) in [5.41, 5.74) is 1.30. The topological polar surface area (TPSA) is 41.4 Å². The first-order valence-electron chi connectivity index (χ1n) is 7.41. The highest BCUT2D eigenvalue weighted by atomic mass is 15.2. The standard InChI is InChI=1S/C16H24N4/c1-3-17-16(18-4-2)19-11-7-12-20-13-10-14-8-5-6-9-15(14)20/h5-6,8-10,13H,3-4,7,11-12H2,1-2H3,(H2,17,18,19). The van der Waals surface area contributed by atoms with Crippen LogP contribution in [0.15, 0.2) is 41.5 Å². The first kappa shape index (κ1) is 14.4. The lowest BCUT2D eigenvalue weighted by Gasteiger charge is -2.09. The molecule has 0 amide bonds. The van der Waals surface area contributed by atoms with E-state index in [-0.39, 0.29) is 0 Å². The maximum Gasteiger partial charge on any atom is 0.191 e. The van der Waals surface area contributed by atoms with Crippen LogP contribution in [0.1, 0.15) is 20.3 Å². The van der Waals surface area contributed by atoms with Crippen LogP contribution >= 0.6 is 0 Å². The highest BCUT2D eigenvalue weighted by molar-refractivity contribution is 5.80. The van der Waals surface area contributed by atoms with Crippen LogP contribution < -0.4 is 10.6 Å². The molecule has 1 aromatic heterocycles. The summed E-state index contributed by atoms with van der Waals surface area (Å²) in [5.74, 6) is 0.910. The van der Waals surface area contributed by atoms with Crippen molar-refractivity contribution in [3.63, 3.8) is 0 Å². The van der Waals surface area contributed by atoms with Crippen LogP contribution in [-0.2, 0) is 6.54 Å². The van der Waals surface area contributed by atoms with Crippen molar-refractivity contribution in [1.29, 1.82) is 0 Å². The molecule has 0 saturated heterocycles. The Morgan fingerprint density at radius 3 is 2.60 bits per heavy atom. The molecule has 2 aromatic rings. The van der Waals surface area contributed by atoms with Gasteiger partial charge in [0.1, 0.15) is 0 Å². The maximum absolute atomic E-state index is 4.56. The summed E-state index contributed by atoms with van der Waals surface area (Å²) in [6.45, 7) is 7.80. The monoisotopic (exact) mass is 272 g/mol. The fourth-order valence-corrected chi connectivity index (χ4v) is 2.28. The van der Waals surface area contributed by atoms with Crippen molar-refractivity contribution in [2.45, 2.75) is 26.8 Å². The van der Waals surface area contributed by atoms with Crippen molar-refractivity contribution in [3.8, 4) is 0 Å². The molecule has 0 radical (unpaired) electrons. The number of guanidine groups is 1. The van der Waals surface area contributed by atoms with E-state index in [1.807, 2.05) is 0 Å². The number of aliphatic imine (C=N–C) groups is 1. The number of hydrogen-bond acceptors (Lipinski definition) is 1. The van der Waals surface area contributed by atoms with Gasteiger partial charge in [-0.3, -0.25) is 4.99 Å². The predicted octanol–water partition coefficient (Wildman–Crippen LogP) is 2.61. The molecule has 0 unspecified atom stereocenters. The van der Waals surface area contributed by atoms with E-state index < -0.39 is 0 Å². The summed E-state index contributed by atoms with van der Waals surface area (Å²) in [4.78, 5) is 4.56. The second kappa shape index (κ2) is 7.58. The number of aryl methyl sites for hydroxylation is 1. The Bertz CT molecular complexity index is 548. The van der Waals surface area contributed by atoms with Gasteiger partial charge in [-0.15, -0.1) is 0 Å². The Hall–Kier alpha value is -1.97. The SMILES string of the molecule is CCNC(=NCCCn1ccc2ccccc21)NCC. The van der Waals surface area contributed by atoms with Gasteiger partial charge in [-0.1, -0.05) is 18.2 Å². The average Bonchev–Trinajstić information content (AvgIpc) is 2.87. The molecule has 2 rings (SSSR count). The van der Waals surface area contributed by atoms with E-state index in [4.69, 9.17) is 0 Å². The normalized spacial score (nSPS) is 10.5. The summed E-state index contributed by atoms with van der Waals surface area (Å²) in [6.07, 6.45) is 3.20. The Labute approximate surface area is 120 Å². The van der Waals surface area contributed by atoms with Crippen LogP contribution in [0.5, 0.6) is 0 Å². The molecule has 4 nitrogen and oxygen atoms in total. The Morgan fingerprint density at radius 1 is 1.10 bits per heavy atom. The van der Waals surface area contributed by atoms with Gasteiger partial charge in [0.25, 0.3) is 0 Å². The second-order valence-electron chi connectivity index (χ2n) is 4.71. The zero-order chi connectivity index (χ0) is 14.2. The van der Waals surface area contributed by atoms with Crippen molar-refractivity contribution < 1.29 is 0 Å². The Balaban J connectivity index is 1.87. The summed E-state index contributed by atoms with van der Waals surface area (Å²) >= 11 is 0. The molecule has 0 aliphatic carbocycles. The number of benzene rings is 1. The van der Waals surface area contributed by atoms with Crippen LogP contribution in [0.2, 0.25) is 0 Å². The molecule has 0 saturated carbocycles. The lowest BCUT2D eigenvalue weighted by Crippen LogP contribution is -2.37. The molecule has 0 atom stereocenters. The van der Waals surface area contributed by atoms with Gasteiger partial charge in [-0.2, -0.15) is 0 Å². The second-order valence-corrected chi connectivity index (χ2v) is 4.71. The molecular weight excluding hydrogens is 248 g/mol. The van der Waals surface area contributed by atoms with Gasteiger partial charge in [-0.25, -0.2) is 0 Å². The maximum atomic E-state index is 4.56. The van der Waals surface area contributed by atoms with Gasteiger partial charge in [0.15, 0.2) is 5.96 Å². The number of hydrogen-bond donors (Lipinski definition) is 2. The van der Waals surface area contributed by atoms with Crippen molar-refractivity contribution in [2.24, 2.45) is 4.99 Å². The third kappa shape index (κ3) is 3.76. The molecule has 0 bridgehead atoms. The number of nitrogens with zero attached hydrogens (tertiary/aromatic N) is 2. The average molecular weight is 272 g/mol. The van der Waals surface area contributed by atoms with Crippen molar-refractivity contribution in [3.05, 3.63) is 36.5 Å². The third-order valence-electron chi connectivity index (χ3n) is 3.20. The van der Waals surface area contributed by atoms with E-state index in [1.54, 1.807) is 0 Å². The largest absolute Gasteiger partial charge is 0.357 e. The van der Waals surface area contributed by atoms with Gasteiger partial charge in [0.05, 0.1) is 0 Å². The molecule has 20 heavy (non-hydrogen) atoms. The van der Waals surface area contributed by atoms with E-state index in [0.29, 0.717) is 0 Å². The van der Waals surface area contributed by atoms with Crippen LogP contribution in [0, 0.1) is 0 Å². The lowest BCUT2D eigenvalue weighted by atomic mass is 10.2. The number of rotatable bonds is 6. The molecule has 108 valence electrons. The fourth-order valence-electron chi connectivity index (χ4n) is 2.28. The van der Waals surface area contributed by atoms with Crippen LogP contribution in [0.4, 0.5) is 0 Å². The van der Waals surface area contributed by atoms with Crippen LogP contribution in [-0.4, -0.2) is 30.2 Å². The number of nitrogens with one attached hydrogen (secondary N) is 2. The van der Waals surface area contributed by atoms with Gasteiger partial charge < -0.3 is 15.2 Å². The molecular formula is C16H24N4. The van der Waals surface area contributed by atoms with E-state index in [1.165, 1.54) is 10.9 Å². The smallest absolute Gasteiger partial charge is 0.191 e.